The molecule has 1 saturated heterocycles. The summed E-state index contributed by atoms with van der Waals surface area (Å²) in [6.45, 7) is 7.57. The Morgan fingerprint density at radius 1 is 1.35 bits per heavy atom. The Hall–Kier alpha value is -1.18. The number of carbonyl (C=O) groups excluding carboxylic acids is 2. The van der Waals surface area contributed by atoms with Crippen molar-refractivity contribution in [3.05, 3.63) is 0 Å². The second-order valence-electron chi connectivity index (χ2n) is 6.28. The van der Waals surface area contributed by atoms with Crippen molar-refractivity contribution in [1.29, 1.82) is 0 Å². The molecule has 3 N–H and O–H groups in total. The van der Waals surface area contributed by atoms with E-state index in [-0.39, 0.29) is 24.0 Å². The smallest absolute Gasteiger partial charge is 0.341 e. The number of epoxide rings is 1. The lowest BCUT2D eigenvalue weighted by atomic mass is 9.80. The first-order chi connectivity index (χ1) is 10.9. The first kappa shape index (κ1) is 18.2. The molecule has 0 aromatic rings. The highest BCUT2D eigenvalue weighted by Gasteiger charge is 2.72. The van der Waals surface area contributed by atoms with Gasteiger partial charge in [-0.05, 0) is 19.8 Å². The molecule has 7 nitrogen and oxygen atoms in total. The Labute approximate surface area is 137 Å². The molecule has 2 aliphatic rings. The number of nitrogens with two attached hydrogens (primary N) is 1. The van der Waals surface area contributed by atoms with Gasteiger partial charge < -0.3 is 25.3 Å². The van der Waals surface area contributed by atoms with E-state index in [0.29, 0.717) is 13.0 Å². The second kappa shape index (κ2) is 7.15. The molecule has 0 bridgehead atoms. The van der Waals surface area contributed by atoms with Crippen LogP contribution in [0.5, 0.6) is 0 Å². The van der Waals surface area contributed by atoms with E-state index in [2.05, 4.69) is 5.32 Å². The Bertz CT molecular complexity index is 454. The quantitative estimate of drug-likeness (QED) is 0.521. The highest BCUT2D eigenvalue weighted by molar-refractivity contribution is 5.84. The molecule has 0 aromatic heterocycles. The van der Waals surface area contributed by atoms with Gasteiger partial charge in [-0.2, -0.15) is 0 Å². The van der Waals surface area contributed by atoms with Crippen molar-refractivity contribution in [3.63, 3.8) is 0 Å². The zero-order valence-corrected chi connectivity index (χ0v) is 14.3. The lowest BCUT2D eigenvalue weighted by Crippen LogP contribution is -2.63. The molecule has 0 radical (unpaired) electrons. The molecule has 7 heteroatoms. The van der Waals surface area contributed by atoms with Gasteiger partial charge in [-0.15, -0.1) is 0 Å². The van der Waals surface area contributed by atoms with Gasteiger partial charge in [-0.25, -0.2) is 4.79 Å². The van der Waals surface area contributed by atoms with Crippen molar-refractivity contribution >= 4 is 11.9 Å². The molecular weight excluding hydrogens is 300 g/mol. The third kappa shape index (κ3) is 3.51. The number of nitrogens with one attached hydrogen (secondary N) is 1. The molecule has 1 saturated carbocycles. The van der Waals surface area contributed by atoms with Crippen LogP contribution in [-0.4, -0.2) is 54.5 Å². The van der Waals surface area contributed by atoms with E-state index in [4.69, 9.17) is 19.9 Å². The summed E-state index contributed by atoms with van der Waals surface area (Å²) in [6.07, 6.45) is 1.17. The van der Waals surface area contributed by atoms with Gasteiger partial charge in [0.2, 0.25) is 5.91 Å². The topological polar surface area (TPSA) is 103 Å². The minimum Gasteiger partial charge on any atom is -0.464 e. The molecule has 1 heterocycles. The van der Waals surface area contributed by atoms with Crippen LogP contribution in [0.4, 0.5) is 0 Å². The SMILES string of the molecule is CCOC(=O)C12C[C@H](N)[C@@H](NC(C)=O)[C@@H](OC(CC)CC)C1O2. The summed E-state index contributed by atoms with van der Waals surface area (Å²) in [6, 6.07) is -0.801. The minimum absolute atomic E-state index is 0.0330. The molecular formula is C16H28N2O5. The van der Waals surface area contributed by atoms with Crippen molar-refractivity contribution in [2.45, 2.75) is 83.0 Å². The van der Waals surface area contributed by atoms with E-state index >= 15 is 0 Å². The summed E-state index contributed by atoms with van der Waals surface area (Å²) < 4.78 is 17.0. The molecule has 0 spiro atoms. The number of amides is 1. The van der Waals surface area contributed by atoms with Gasteiger partial charge in [-0.1, -0.05) is 13.8 Å². The number of ether oxygens (including phenoxy) is 3. The molecule has 5 atom stereocenters. The Morgan fingerprint density at radius 2 is 2.00 bits per heavy atom. The standard InChI is InChI=1S/C16H28N2O5/c1-5-10(6-2)22-13-12(18-9(4)19)11(17)8-16(14(13)23-16)15(20)21-7-3/h10-14H,5-8,17H2,1-4H3,(H,18,19)/t11-,12+,13+,14?,16?/m0/s1. The van der Waals surface area contributed by atoms with Crippen LogP contribution in [0, 0.1) is 0 Å². The summed E-state index contributed by atoms with van der Waals surface area (Å²) in [5.41, 5.74) is 5.22. The third-order valence-corrected chi connectivity index (χ3v) is 4.64. The maximum Gasteiger partial charge on any atom is 0.341 e. The second-order valence-corrected chi connectivity index (χ2v) is 6.28. The average molecular weight is 328 g/mol. The van der Waals surface area contributed by atoms with E-state index in [9.17, 15) is 9.59 Å². The van der Waals surface area contributed by atoms with Crippen LogP contribution in [-0.2, 0) is 23.8 Å². The van der Waals surface area contributed by atoms with Crippen LogP contribution in [0.2, 0.25) is 0 Å². The predicted molar refractivity (Wildman–Crippen MR) is 83.7 cm³/mol. The zero-order valence-electron chi connectivity index (χ0n) is 14.3. The van der Waals surface area contributed by atoms with Crippen molar-refractivity contribution in [1.82, 2.24) is 5.32 Å². The van der Waals surface area contributed by atoms with Gasteiger partial charge >= 0.3 is 5.97 Å². The van der Waals surface area contributed by atoms with Crippen LogP contribution in [0.15, 0.2) is 0 Å². The number of fused-ring (bicyclic) bond motifs is 1. The maximum atomic E-state index is 12.3. The molecule has 2 fully saturated rings. The van der Waals surface area contributed by atoms with E-state index in [1.807, 2.05) is 13.8 Å². The first-order valence-corrected chi connectivity index (χ1v) is 8.42. The lowest BCUT2D eigenvalue weighted by Gasteiger charge is -2.38. The number of hydrogen-bond acceptors (Lipinski definition) is 6. The molecule has 1 amide bonds. The van der Waals surface area contributed by atoms with E-state index in [0.717, 1.165) is 12.8 Å². The zero-order chi connectivity index (χ0) is 17.2. The van der Waals surface area contributed by atoms with Crippen molar-refractivity contribution < 1.29 is 23.8 Å². The van der Waals surface area contributed by atoms with Gasteiger partial charge in [0.05, 0.1) is 18.8 Å². The summed E-state index contributed by atoms with van der Waals surface area (Å²) in [5.74, 6) is -0.562. The van der Waals surface area contributed by atoms with Crippen molar-refractivity contribution in [2.75, 3.05) is 6.61 Å². The minimum atomic E-state index is -1.01. The highest BCUT2D eigenvalue weighted by atomic mass is 16.7. The molecule has 23 heavy (non-hydrogen) atoms. The van der Waals surface area contributed by atoms with Crippen molar-refractivity contribution in [2.24, 2.45) is 5.73 Å². The third-order valence-electron chi connectivity index (χ3n) is 4.64. The monoisotopic (exact) mass is 328 g/mol. The molecule has 1 aliphatic carbocycles. The Morgan fingerprint density at radius 3 is 2.52 bits per heavy atom. The predicted octanol–water partition coefficient (Wildman–Crippen LogP) is 0.497. The molecule has 2 rings (SSSR count). The van der Waals surface area contributed by atoms with E-state index in [1.165, 1.54) is 6.92 Å². The normalized spacial score (nSPS) is 35.6. The molecule has 0 aromatic carbocycles. The molecule has 1 aliphatic heterocycles. The lowest BCUT2D eigenvalue weighted by molar-refractivity contribution is -0.151. The fraction of sp³-hybridized carbons (Fsp3) is 0.875. The van der Waals surface area contributed by atoms with Gasteiger partial charge in [0.25, 0.3) is 0 Å². The number of hydrogen-bond donors (Lipinski definition) is 2. The van der Waals surface area contributed by atoms with Crippen LogP contribution < -0.4 is 11.1 Å². The van der Waals surface area contributed by atoms with Gasteiger partial charge in [-0.3, -0.25) is 4.79 Å². The van der Waals surface area contributed by atoms with Crippen LogP contribution in [0.1, 0.15) is 47.0 Å². The summed E-state index contributed by atoms with van der Waals surface area (Å²) in [5, 5.41) is 2.86. The Kier molecular flexibility index (Phi) is 5.65. The van der Waals surface area contributed by atoms with Gasteiger partial charge in [0.1, 0.15) is 12.2 Å². The number of esters is 1. The van der Waals surface area contributed by atoms with Gasteiger partial charge in [0.15, 0.2) is 5.60 Å². The van der Waals surface area contributed by atoms with Crippen LogP contribution in [0.3, 0.4) is 0 Å². The molecule has 132 valence electrons. The summed E-state index contributed by atoms with van der Waals surface area (Å²) in [7, 11) is 0. The summed E-state index contributed by atoms with van der Waals surface area (Å²) in [4.78, 5) is 23.8. The average Bonchev–Trinajstić information content (AvgIpc) is 3.22. The first-order valence-electron chi connectivity index (χ1n) is 8.42. The van der Waals surface area contributed by atoms with Gasteiger partial charge in [0, 0.05) is 19.4 Å². The van der Waals surface area contributed by atoms with Crippen molar-refractivity contribution in [3.8, 4) is 0 Å². The fourth-order valence-corrected chi connectivity index (χ4v) is 3.38. The fourth-order valence-electron chi connectivity index (χ4n) is 3.38. The largest absolute Gasteiger partial charge is 0.464 e. The van der Waals surface area contributed by atoms with Crippen LogP contribution >= 0.6 is 0 Å². The van der Waals surface area contributed by atoms with Crippen LogP contribution in [0.25, 0.3) is 0 Å². The Balaban J connectivity index is 2.20. The maximum absolute atomic E-state index is 12.3. The number of rotatable bonds is 7. The summed E-state index contributed by atoms with van der Waals surface area (Å²) >= 11 is 0. The van der Waals surface area contributed by atoms with E-state index in [1.54, 1.807) is 6.92 Å². The highest BCUT2D eigenvalue weighted by Crippen LogP contribution is 2.50. The van der Waals surface area contributed by atoms with E-state index < -0.39 is 23.9 Å². The number of carbonyl (C=O) groups is 2. The molecule has 2 unspecified atom stereocenters.